The number of benzene rings is 2. The minimum absolute atomic E-state index is 0.609. The average molecular weight is 319 g/mol. The first-order valence-corrected chi connectivity index (χ1v) is 8.16. The van der Waals surface area contributed by atoms with Crippen LogP contribution in [0.25, 0.3) is 21.9 Å². The zero-order valence-corrected chi connectivity index (χ0v) is 14.0. The molecule has 0 aliphatic rings. The number of nitrogens with zero attached hydrogens (tertiary/aromatic N) is 1. The quantitative estimate of drug-likeness (QED) is 0.463. The lowest BCUT2D eigenvalue weighted by Gasteiger charge is -2.32. The lowest BCUT2D eigenvalue weighted by Crippen LogP contribution is -2.50. The molecule has 3 aromatic rings. The largest absolute Gasteiger partial charge is 0.456 e. The molecule has 4 heteroatoms. The van der Waals surface area contributed by atoms with Crippen LogP contribution in [-0.4, -0.2) is 24.3 Å². The molecule has 0 unspecified atom stereocenters. The summed E-state index contributed by atoms with van der Waals surface area (Å²) in [6.07, 6.45) is 0. The van der Waals surface area contributed by atoms with E-state index in [0.29, 0.717) is 9.67 Å². The zero-order chi connectivity index (χ0) is 15.7. The maximum Gasteiger partial charge on any atom is 0.193 e. The molecular weight excluding hydrogens is 298 g/mol. The van der Waals surface area contributed by atoms with Crippen LogP contribution in [0.2, 0.25) is 5.02 Å². The van der Waals surface area contributed by atoms with Crippen LogP contribution >= 0.6 is 11.6 Å². The molecule has 0 spiro atoms. The predicted octanol–water partition coefficient (Wildman–Crippen LogP) is 5.41. The van der Waals surface area contributed by atoms with Gasteiger partial charge in [-0.3, -0.25) is 0 Å². The topological polar surface area (TPSA) is 22.4 Å². The van der Waals surface area contributed by atoms with E-state index in [4.69, 9.17) is 20.9 Å². The van der Waals surface area contributed by atoms with Gasteiger partial charge in [-0.2, -0.15) is 0 Å². The van der Waals surface area contributed by atoms with Crippen molar-refractivity contribution in [1.82, 2.24) is 0 Å². The molecule has 0 amide bonds. The van der Waals surface area contributed by atoms with Crippen LogP contribution in [-0.2, 0) is 0 Å². The van der Waals surface area contributed by atoms with Gasteiger partial charge in [-0.15, -0.1) is 4.65 Å². The second-order valence-electron chi connectivity index (χ2n) is 5.50. The summed E-state index contributed by atoms with van der Waals surface area (Å²) in [6, 6.07) is 11.8. The van der Waals surface area contributed by atoms with Gasteiger partial charge in [-0.1, -0.05) is 11.6 Å². The summed E-state index contributed by atoms with van der Waals surface area (Å²) >= 11 is 6.03. The molecule has 0 fully saturated rings. The van der Waals surface area contributed by atoms with Crippen molar-refractivity contribution in [1.29, 1.82) is 0 Å². The molecule has 0 aliphatic carbocycles. The maximum atomic E-state index is 6.23. The van der Waals surface area contributed by atoms with Gasteiger partial charge >= 0.3 is 0 Å². The molecule has 0 saturated carbocycles. The van der Waals surface area contributed by atoms with E-state index < -0.39 is 0 Å². The Morgan fingerprint density at radius 3 is 2.14 bits per heavy atom. The number of hydrogen-bond acceptors (Lipinski definition) is 2. The smallest absolute Gasteiger partial charge is 0.193 e. The molecule has 0 N–H and O–H groups in total. The summed E-state index contributed by atoms with van der Waals surface area (Å²) in [7, 11) is 0. The molecule has 22 heavy (non-hydrogen) atoms. The predicted molar refractivity (Wildman–Crippen MR) is 91.2 cm³/mol. The van der Waals surface area contributed by atoms with E-state index in [-0.39, 0.29) is 0 Å². The highest BCUT2D eigenvalue weighted by Gasteiger charge is 2.24. The van der Waals surface area contributed by atoms with Crippen LogP contribution in [0, 0.1) is 0 Å². The zero-order valence-electron chi connectivity index (χ0n) is 13.2. The van der Waals surface area contributed by atoms with Crippen LogP contribution in [0.5, 0.6) is 5.75 Å². The highest BCUT2D eigenvalue weighted by molar-refractivity contribution is 6.31. The Balaban J connectivity index is 2.04. The van der Waals surface area contributed by atoms with E-state index >= 15 is 0 Å². The van der Waals surface area contributed by atoms with Gasteiger partial charge in [0.25, 0.3) is 0 Å². The van der Waals surface area contributed by atoms with Crippen LogP contribution in [0.4, 0.5) is 0 Å². The Morgan fingerprint density at radius 1 is 0.909 bits per heavy atom. The summed E-state index contributed by atoms with van der Waals surface area (Å²) in [5.74, 6) is 0.836. The number of quaternary nitrogens is 1. The number of hydroxylamine groups is 3. The Hall–Kier alpha value is -1.71. The normalized spacial score (nSPS) is 12.2. The maximum absolute atomic E-state index is 6.23. The molecule has 0 radical (unpaired) electrons. The van der Waals surface area contributed by atoms with Gasteiger partial charge < -0.3 is 9.25 Å². The Kier molecular flexibility index (Phi) is 4.02. The Morgan fingerprint density at radius 2 is 1.50 bits per heavy atom. The van der Waals surface area contributed by atoms with Gasteiger partial charge in [0.2, 0.25) is 0 Å². The Labute approximate surface area is 135 Å². The Bertz CT molecular complexity index is 797. The lowest BCUT2D eigenvalue weighted by molar-refractivity contribution is -1.07. The van der Waals surface area contributed by atoms with Gasteiger partial charge in [-0.25, -0.2) is 0 Å². The van der Waals surface area contributed by atoms with E-state index in [1.807, 2.05) is 30.3 Å². The fourth-order valence-electron chi connectivity index (χ4n) is 2.88. The van der Waals surface area contributed by atoms with Gasteiger partial charge in [0.1, 0.15) is 30.8 Å². The third-order valence-electron chi connectivity index (χ3n) is 4.43. The lowest BCUT2D eigenvalue weighted by atomic mass is 10.1. The fourth-order valence-corrected chi connectivity index (χ4v) is 3.04. The molecular formula is C18H21ClNO2+. The van der Waals surface area contributed by atoms with Gasteiger partial charge in [0, 0.05) is 27.9 Å². The van der Waals surface area contributed by atoms with Crippen molar-refractivity contribution in [2.45, 2.75) is 20.8 Å². The molecule has 116 valence electrons. The van der Waals surface area contributed by atoms with Gasteiger partial charge in [0.05, 0.1) is 0 Å². The van der Waals surface area contributed by atoms with Crippen LogP contribution in [0.15, 0.2) is 40.8 Å². The van der Waals surface area contributed by atoms with E-state index in [9.17, 15) is 0 Å². The highest BCUT2D eigenvalue weighted by atomic mass is 35.5. The molecule has 1 aromatic heterocycles. The molecule has 0 saturated heterocycles. The first-order chi connectivity index (χ1) is 10.6. The van der Waals surface area contributed by atoms with E-state index in [0.717, 1.165) is 47.3 Å². The highest BCUT2D eigenvalue weighted by Crippen LogP contribution is 2.33. The molecule has 0 atom stereocenters. The third-order valence-corrected chi connectivity index (χ3v) is 4.67. The second kappa shape index (κ2) is 5.82. The summed E-state index contributed by atoms with van der Waals surface area (Å²) < 4.78 is 6.53. The monoisotopic (exact) mass is 318 g/mol. The molecule has 3 rings (SSSR count). The van der Waals surface area contributed by atoms with Crippen molar-refractivity contribution in [2.75, 3.05) is 19.6 Å². The average Bonchev–Trinajstić information content (AvgIpc) is 2.89. The van der Waals surface area contributed by atoms with Crippen LogP contribution < -0.4 is 4.84 Å². The third kappa shape index (κ3) is 2.55. The SMILES string of the molecule is CC[N+](CC)(CC)Oc1ccc2c(c1)oc1cc(Cl)ccc12. The molecule has 1 heterocycles. The minimum Gasteiger partial charge on any atom is -0.456 e. The minimum atomic E-state index is 0.609. The van der Waals surface area contributed by atoms with E-state index in [1.54, 1.807) is 0 Å². The summed E-state index contributed by atoms with van der Waals surface area (Å²) in [4.78, 5) is 6.23. The fraction of sp³-hybridized carbons (Fsp3) is 0.333. The molecule has 0 aliphatic heterocycles. The molecule has 3 nitrogen and oxygen atoms in total. The van der Waals surface area contributed by atoms with Crippen molar-refractivity contribution in [3.63, 3.8) is 0 Å². The van der Waals surface area contributed by atoms with Crippen molar-refractivity contribution in [2.24, 2.45) is 0 Å². The molecule has 2 aromatic carbocycles. The van der Waals surface area contributed by atoms with E-state index in [2.05, 4.69) is 26.8 Å². The summed E-state index contributed by atoms with van der Waals surface area (Å²) in [6.45, 7) is 9.24. The summed E-state index contributed by atoms with van der Waals surface area (Å²) in [5, 5.41) is 2.84. The first kappa shape index (κ1) is 15.2. The summed E-state index contributed by atoms with van der Waals surface area (Å²) in [5.41, 5.74) is 1.64. The number of hydrogen-bond donors (Lipinski definition) is 0. The van der Waals surface area contributed by atoms with E-state index in [1.165, 1.54) is 0 Å². The number of halogens is 1. The van der Waals surface area contributed by atoms with Crippen molar-refractivity contribution < 1.29 is 13.9 Å². The van der Waals surface area contributed by atoms with Crippen LogP contribution in [0.1, 0.15) is 20.8 Å². The van der Waals surface area contributed by atoms with Crippen LogP contribution in [0.3, 0.4) is 0 Å². The second-order valence-corrected chi connectivity index (χ2v) is 5.94. The van der Waals surface area contributed by atoms with Crippen molar-refractivity contribution in [3.05, 3.63) is 41.4 Å². The number of rotatable bonds is 5. The van der Waals surface area contributed by atoms with Crippen molar-refractivity contribution >= 4 is 33.5 Å². The van der Waals surface area contributed by atoms with Gasteiger partial charge in [0.15, 0.2) is 5.75 Å². The molecule has 0 bridgehead atoms. The van der Waals surface area contributed by atoms with Gasteiger partial charge in [-0.05, 0) is 45.0 Å². The number of furan rings is 1. The van der Waals surface area contributed by atoms with Crippen molar-refractivity contribution in [3.8, 4) is 5.75 Å². The first-order valence-electron chi connectivity index (χ1n) is 7.78. The number of fused-ring (bicyclic) bond motifs is 3. The standard InChI is InChI=1S/C18H21ClNO2/c1-4-20(5-2,6-3)22-14-8-10-16-15-9-7-13(19)11-17(15)21-18(16)12-14/h7-12H,4-6H2,1-3H3/q+1.